The zero-order valence-corrected chi connectivity index (χ0v) is 16.6. The molecule has 0 aliphatic carbocycles. The van der Waals surface area contributed by atoms with Gasteiger partial charge in [0, 0.05) is 11.6 Å². The van der Waals surface area contributed by atoms with E-state index in [9.17, 15) is 13.2 Å². The molecule has 1 aromatic carbocycles. The number of nitrogens with one attached hydrogen (secondary N) is 2. The Kier molecular flexibility index (Phi) is 5.24. The van der Waals surface area contributed by atoms with Crippen LogP contribution >= 0.6 is 0 Å². The number of hydrogen-bond donors (Lipinski definition) is 2. The fourth-order valence-corrected chi connectivity index (χ4v) is 4.68. The first-order chi connectivity index (χ1) is 12.6. The van der Waals surface area contributed by atoms with Gasteiger partial charge in [-0.15, -0.1) is 0 Å². The summed E-state index contributed by atoms with van der Waals surface area (Å²) in [7, 11) is -2.92. The van der Waals surface area contributed by atoms with E-state index >= 15 is 0 Å². The Bertz CT molecular complexity index is 914. The second-order valence-electron chi connectivity index (χ2n) is 7.96. The average Bonchev–Trinajstić information content (AvgIpc) is 2.94. The number of benzene rings is 1. The summed E-state index contributed by atoms with van der Waals surface area (Å²) >= 11 is 0. The van der Waals surface area contributed by atoms with Crippen molar-refractivity contribution in [3.63, 3.8) is 0 Å². The summed E-state index contributed by atoms with van der Waals surface area (Å²) in [6.45, 7) is 6.38. The minimum absolute atomic E-state index is 0.0397. The van der Waals surface area contributed by atoms with Gasteiger partial charge < -0.3 is 10.6 Å². The fraction of sp³-hybridized carbons (Fsp3) is 0.400. The largest absolute Gasteiger partial charge is 0.380 e. The first-order valence-corrected chi connectivity index (χ1v) is 10.8. The van der Waals surface area contributed by atoms with Gasteiger partial charge in [-0.05, 0) is 41.7 Å². The fourth-order valence-electron chi connectivity index (χ4n) is 3.01. The van der Waals surface area contributed by atoms with Crippen molar-refractivity contribution < 1.29 is 13.2 Å². The molecule has 1 fully saturated rings. The van der Waals surface area contributed by atoms with Crippen LogP contribution in [0.1, 0.15) is 43.1 Å². The van der Waals surface area contributed by atoms with Gasteiger partial charge in [-0.2, -0.15) is 0 Å². The molecular weight excluding hydrogens is 362 g/mol. The molecule has 1 aliphatic rings. The molecule has 1 unspecified atom stereocenters. The van der Waals surface area contributed by atoms with E-state index in [4.69, 9.17) is 0 Å². The second-order valence-corrected chi connectivity index (χ2v) is 10.2. The summed E-state index contributed by atoms with van der Waals surface area (Å²) in [5, 5.41) is 5.95. The van der Waals surface area contributed by atoms with Crippen LogP contribution in [0.5, 0.6) is 0 Å². The van der Waals surface area contributed by atoms with Crippen molar-refractivity contribution in [2.75, 3.05) is 22.1 Å². The second kappa shape index (κ2) is 7.31. The van der Waals surface area contributed by atoms with Crippen LogP contribution in [0.3, 0.4) is 0 Å². The lowest BCUT2D eigenvalue weighted by Gasteiger charge is -2.19. The molecule has 2 heterocycles. The number of amides is 1. The molecule has 0 radical (unpaired) electrons. The smallest absolute Gasteiger partial charge is 0.256 e. The van der Waals surface area contributed by atoms with Crippen molar-refractivity contribution in [2.24, 2.45) is 0 Å². The van der Waals surface area contributed by atoms with E-state index in [1.165, 1.54) is 5.56 Å². The highest BCUT2D eigenvalue weighted by Crippen LogP contribution is 2.22. The molecule has 1 aliphatic heterocycles. The molecule has 0 spiro atoms. The van der Waals surface area contributed by atoms with Crippen LogP contribution in [-0.2, 0) is 15.3 Å². The number of pyridine rings is 1. The molecular formula is C20H25N3O3S. The van der Waals surface area contributed by atoms with E-state index < -0.39 is 9.84 Å². The van der Waals surface area contributed by atoms with E-state index in [1.54, 1.807) is 18.3 Å². The molecule has 2 aromatic rings. The lowest BCUT2D eigenvalue weighted by Crippen LogP contribution is -2.20. The highest BCUT2D eigenvalue weighted by molar-refractivity contribution is 7.91. The molecule has 1 aromatic heterocycles. The van der Waals surface area contributed by atoms with Gasteiger partial charge in [0.15, 0.2) is 9.84 Å². The van der Waals surface area contributed by atoms with Gasteiger partial charge in [0.25, 0.3) is 5.91 Å². The van der Waals surface area contributed by atoms with Gasteiger partial charge in [0.1, 0.15) is 5.82 Å². The molecule has 144 valence electrons. The zero-order valence-electron chi connectivity index (χ0n) is 15.8. The molecule has 0 bridgehead atoms. The van der Waals surface area contributed by atoms with Crippen molar-refractivity contribution in [1.29, 1.82) is 0 Å². The monoisotopic (exact) mass is 387 g/mol. The Balaban J connectivity index is 1.60. The van der Waals surface area contributed by atoms with Gasteiger partial charge in [0.2, 0.25) is 0 Å². The Morgan fingerprint density at radius 3 is 2.33 bits per heavy atom. The summed E-state index contributed by atoms with van der Waals surface area (Å²) < 4.78 is 23.0. The maximum Gasteiger partial charge on any atom is 0.256 e. The highest BCUT2D eigenvalue weighted by Gasteiger charge is 2.27. The Hall–Kier alpha value is -2.41. The minimum Gasteiger partial charge on any atom is -0.380 e. The van der Waals surface area contributed by atoms with E-state index in [0.717, 1.165) is 5.69 Å². The standard InChI is InChI=1S/C20H25N3O3S/c1-20(2,3)15-6-4-14(5-7-15)19(24)23-18-9-8-16(12-21-18)22-17-10-11-27(25,26)13-17/h4-9,12,17,22H,10-11,13H2,1-3H3,(H,21,23,24). The minimum atomic E-state index is -2.92. The van der Waals surface area contributed by atoms with Crippen molar-refractivity contribution in [3.8, 4) is 0 Å². The molecule has 0 saturated carbocycles. The normalized spacial score (nSPS) is 18.9. The number of hydrogen-bond acceptors (Lipinski definition) is 5. The first kappa shape index (κ1) is 19.4. The molecule has 7 heteroatoms. The summed E-state index contributed by atoms with van der Waals surface area (Å²) in [6, 6.07) is 11.0. The maximum absolute atomic E-state index is 12.4. The van der Waals surface area contributed by atoms with E-state index in [0.29, 0.717) is 17.8 Å². The predicted molar refractivity (Wildman–Crippen MR) is 108 cm³/mol. The summed E-state index contributed by atoms with van der Waals surface area (Å²) in [5.74, 6) is 0.603. The Morgan fingerprint density at radius 1 is 1.11 bits per heavy atom. The third-order valence-corrected chi connectivity index (χ3v) is 6.39. The highest BCUT2D eigenvalue weighted by atomic mass is 32.2. The van der Waals surface area contributed by atoms with Crippen molar-refractivity contribution >= 4 is 27.2 Å². The molecule has 1 saturated heterocycles. The van der Waals surface area contributed by atoms with Crippen LogP contribution in [0.4, 0.5) is 11.5 Å². The molecule has 6 nitrogen and oxygen atoms in total. The molecule has 27 heavy (non-hydrogen) atoms. The quantitative estimate of drug-likeness (QED) is 0.841. The third-order valence-electron chi connectivity index (χ3n) is 4.62. The molecule has 2 N–H and O–H groups in total. The predicted octanol–water partition coefficient (Wildman–Crippen LogP) is 3.23. The number of rotatable bonds is 4. The van der Waals surface area contributed by atoms with Gasteiger partial charge >= 0.3 is 0 Å². The average molecular weight is 388 g/mol. The number of sulfone groups is 1. The van der Waals surface area contributed by atoms with Crippen LogP contribution in [0.2, 0.25) is 0 Å². The van der Waals surface area contributed by atoms with Crippen LogP contribution in [0, 0.1) is 0 Å². The lowest BCUT2D eigenvalue weighted by atomic mass is 9.87. The number of carbonyl (C=O) groups is 1. The van der Waals surface area contributed by atoms with E-state index in [1.807, 2.05) is 24.3 Å². The van der Waals surface area contributed by atoms with Crippen molar-refractivity contribution in [2.45, 2.75) is 38.6 Å². The van der Waals surface area contributed by atoms with Crippen molar-refractivity contribution in [3.05, 3.63) is 53.7 Å². The van der Waals surface area contributed by atoms with Gasteiger partial charge in [0.05, 0.1) is 23.4 Å². The third kappa shape index (κ3) is 5.07. The van der Waals surface area contributed by atoms with Crippen LogP contribution in [-0.4, -0.2) is 36.9 Å². The zero-order chi connectivity index (χ0) is 19.7. The van der Waals surface area contributed by atoms with Crippen LogP contribution in [0.25, 0.3) is 0 Å². The number of carbonyl (C=O) groups excluding carboxylic acids is 1. The maximum atomic E-state index is 12.4. The SMILES string of the molecule is CC(C)(C)c1ccc(C(=O)Nc2ccc(NC3CCS(=O)(=O)C3)cn2)cc1. The first-order valence-electron chi connectivity index (χ1n) is 8.97. The molecule has 1 atom stereocenters. The number of anilines is 2. The van der Waals surface area contributed by atoms with Crippen molar-refractivity contribution in [1.82, 2.24) is 4.98 Å². The molecule has 1 amide bonds. The van der Waals surface area contributed by atoms with Crippen LogP contribution in [0.15, 0.2) is 42.6 Å². The summed E-state index contributed by atoms with van der Waals surface area (Å²) in [4.78, 5) is 16.6. The van der Waals surface area contributed by atoms with Gasteiger partial charge in [-0.25, -0.2) is 13.4 Å². The number of aromatic nitrogens is 1. The molecule has 3 rings (SSSR count). The number of nitrogens with zero attached hydrogens (tertiary/aromatic N) is 1. The van der Waals surface area contributed by atoms with Gasteiger partial charge in [-0.3, -0.25) is 4.79 Å². The summed E-state index contributed by atoms with van der Waals surface area (Å²) in [5.41, 5.74) is 2.52. The lowest BCUT2D eigenvalue weighted by molar-refractivity contribution is 0.102. The van der Waals surface area contributed by atoms with E-state index in [2.05, 4.69) is 36.4 Å². The topological polar surface area (TPSA) is 88.2 Å². The van der Waals surface area contributed by atoms with Gasteiger partial charge in [-0.1, -0.05) is 32.9 Å². The Morgan fingerprint density at radius 2 is 1.81 bits per heavy atom. The van der Waals surface area contributed by atoms with Crippen LogP contribution < -0.4 is 10.6 Å². The summed E-state index contributed by atoms with van der Waals surface area (Å²) in [6.07, 6.45) is 2.20. The van der Waals surface area contributed by atoms with E-state index in [-0.39, 0.29) is 28.9 Å². The Labute approximate surface area is 160 Å².